The number of ether oxygens (including phenoxy) is 3. The average Bonchev–Trinajstić information content (AvgIpc) is 3.53. The molecule has 1 aliphatic carbocycles. The van der Waals surface area contributed by atoms with E-state index in [4.69, 9.17) is 18.7 Å². The van der Waals surface area contributed by atoms with Crippen molar-refractivity contribution in [1.29, 1.82) is 0 Å². The molecule has 0 N–H and O–H groups in total. The molecule has 0 bridgehead atoms. The predicted molar refractivity (Wildman–Crippen MR) is 112 cm³/mol. The number of carbonyl (C=O) groups excluding carboxylic acids is 2. The van der Waals surface area contributed by atoms with Gasteiger partial charge in [-0.2, -0.15) is 0 Å². The molecule has 0 unspecified atom stereocenters. The fraction of sp³-hybridized carbons (Fsp3) is 0.292. The first-order valence-corrected chi connectivity index (χ1v) is 10.2. The van der Waals surface area contributed by atoms with Gasteiger partial charge >= 0.3 is 11.9 Å². The molecule has 2 aromatic carbocycles. The minimum absolute atomic E-state index is 0.00835. The Morgan fingerprint density at radius 2 is 1.94 bits per heavy atom. The van der Waals surface area contributed by atoms with E-state index in [0.29, 0.717) is 17.4 Å². The van der Waals surface area contributed by atoms with Crippen LogP contribution in [0.5, 0.6) is 11.5 Å². The number of nitrogens with zero attached hydrogens (tertiary/aromatic N) is 1. The van der Waals surface area contributed by atoms with E-state index in [1.54, 1.807) is 18.2 Å². The molecule has 1 aromatic heterocycles. The Morgan fingerprint density at radius 3 is 2.66 bits per heavy atom. The minimum Gasteiger partial charge on any atom is -0.497 e. The van der Waals surface area contributed by atoms with Crippen LogP contribution in [0.15, 0.2) is 53.1 Å². The van der Waals surface area contributed by atoms with Gasteiger partial charge in [0.05, 0.1) is 20.6 Å². The van der Waals surface area contributed by atoms with Gasteiger partial charge in [0.1, 0.15) is 23.0 Å². The van der Waals surface area contributed by atoms with E-state index in [0.717, 1.165) is 18.4 Å². The Labute approximate surface area is 184 Å². The van der Waals surface area contributed by atoms with Crippen molar-refractivity contribution in [2.75, 3.05) is 14.2 Å². The number of esters is 2. The number of benzene rings is 2. The van der Waals surface area contributed by atoms with Crippen LogP contribution in [-0.4, -0.2) is 31.3 Å². The van der Waals surface area contributed by atoms with Gasteiger partial charge in [0.25, 0.3) is 0 Å². The average molecular weight is 439 g/mol. The molecule has 0 aliphatic heterocycles. The lowest BCUT2D eigenvalue weighted by Crippen LogP contribution is -2.11. The van der Waals surface area contributed by atoms with Crippen LogP contribution in [-0.2, 0) is 9.53 Å². The zero-order valence-electron chi connectivity index (χ0n) is 17.7. The quantitative estimate of drug-likeness (QED) is 0.369. The fourth-order valence-electron chi connectivity index (χ4n) is 3.61. The van der Waals surface area contributed by atoms with Crippen LogP contribution in [0.4, 0.5) is 4.39 Å². The maximum Gasteiger partial charge on any atom is 0.382 e. The molecule has 1 fully saturated rings. The number of methoxy groups -OCH3 is 2. The normalized spacial score (nSPS) is 14.0. The van der Waals surface area contributed by atoms with Crippen molar-refractivity contribution >= 4 is 11.9 Å². The van der Waals surface area contributed by atoms with Crippen LogP contribution < -0.4 is 9.47 Å². The first-order valence-electron chi connectivity index (χ1n) is 10.2. The second kappa shape index (κ2) is 9.21. The van der Waals surface area contributed by atoms with E-state index < -0.39 is 11.8 Å². The second-order valence-corrected chi connectivity index (χ2v) is 7.61. The Kier molecular flexibility index (Phi) is 6.20. The van der Waals surface area contributed by atoms with E-state index in [1.807, 2.05) is 6.07 Å². The van der Waals surface area contributed by atoms with E-state index in [9.17, 15) is 14.0 Å². The van der Waals surface area contributed by atoms with Gasteiger partial charge in [0, 0.05) is 11.6 Å². The summed E-state index contributed by atoms with van der Waals surface area (Å²) in [5.74, 6) is -0.549. The van der Waals surface area contributed by atoms with Gasteiger partial charge in [-0.3, -0.25) is 4.79 Å². The topological polar surface area (TPSA) is 87.9 Å². The van der Waals surface area contributed by atoms with Crippen molar-refractivity contribution in [2.24, 2.45) is 5.92 Å². The van der Waals surface area contributed by atoms with Gasteiger partial charge in [-0.25, -0.2) is 9.18 Å². The highest BCUT2D eigenvalue weighted by Gasteiger charge is 2.34. The lowest BCUT2D eigenvalue weighted by atomic mass is 9.91. The van der Waals surface area contributed by atoms with Crippen LogP contribution >= 0.6 is 0 Å². The van der Waals surface area contributed by atoms with E-state index in [1.165, 1.54) is 38.5 Å². The summed E-state index contributed by atoms with van der Waals surface area (Å²) in [5, 5.41) is 3.78. The summed E-state index contributed by atoms with van der Waals surface area (Å²) >= 11 is 0. The summed E-state index contributed by atoms with van der Waals surface area (Å²) in [6.07, 6.45) is 2.37. The molecular weight excluding hydrogens is 417 g/mol. The largest absolute Gasteiger partial charge is 0.497 e. The highest BCUT2D eigenvalue weighted by atomic mass is 19.1. The molecule has 1 atom stereocenters. The van der Waals surface area contributed by atoms with E-state index in [2.05, 4.69) is 5.16 Å². The third kappa shape index (κ3) is 4.80. The Balaban J connectivity index is 1.50. The zero-order valence-corrected chi connectivity index (χ0v) is 17.7. The summed E-state index contributed by atoms with van der Waals surface area (Å²) in [6.45, 7) is 0. The van der Waals surface area contributed by atoms with Crippen LogP contribution in [0.2, 0.25) is 0 Å². The Morgan fingerprint density at radius 1 is 1.12 bits per heavy atom. The molecule has 1 aliphatic rings. The van der Waals surface area contributed by atoms with Crippen molar-refractivity contribution < 1.29 is 32.7 Å². The van der Waals surface area contributed by atoms with Crippen molar-refractivity contribution in [2.45, 2.75) is 25.2 Å². The lowest BCUT2D eigenvalue weighted by Gasteiger charge is -2.16. The number of hydrogen-bond acceptors (Lipinski definition) is 7. The first kappa shape index (κ1) is 21.5. The molecule has 32 heavy (non-hydrogen) atoms. The van der Waals surface area contributed by atoms with E-state index >= 15 is 0 Å². The zero-order chi connectivity index (χ0) is 22.7. The maximum atomic E-state index is 14.2. The number of carbonyl (C=O) groups is 2. The molecule has 7 nitrogen and oxygen atoms in total. The van der Waals surface area contributed by atoms with Gasteiger partial charge in [-0.15, -0.1) is 0 Å². The fourth-order valence-corrected chi connectivity index (χ4v) is 3.61. The predicted octanol–water partition coefficient (Wildman–Crippen LogP) is 4.77. The molecule has 1 heterocycles. The standard InChI is InChI=1S/C24H22FNO6/c1-29-16-8-9-20(25)19(11-16)21-13-22(32-26-21)24(28)31-17-5-3-4-15(10-17)18(14-6-7-14)12-23(27)30-2/h3-5,8-11,13-14,18H,6-7,12H2,1-2H3/t18-/m0/s1. The summed E-state index contributed by atoms with van der Waals surface area (Å²) in [5.41, 5.74) is 1.19. The molecule has 1 saturated carbocycles. The SMILES string of the molecule is COC(=O)C[C@H](c1cccc(OC(=O)c2cc(-c3cc(OC)ccc3F)no2)c1)C1CC1. The Bertz CT molecular complexity index is 1140. The number of hydrogen-bond donors (Lipinski definition) is 0. The Hall–Kier alpha value is -3.68. The minimum atomic E-state index is -0.764. The molecule has 166 valence electrons. The molecule has 0 saturated heterocycles. The van der Waals surface area contributed by atoms with Crippen LogP contribution in [0, 0.1) is 11.7 Å². The third-order valence-corrected chi connectivity index (χ3v) is 5.46. The smallest absolute Gasteiger partial charge is 0.382 e. The summed E-state index contributed by atoms with van der Waals surface area (Å²) in [7, 11) is 2.84. The molecule has 4 rings (SSSR count). The monoisotopic (exact) mass is 439 g/mol. The van der Waals surface area contributed by atoms with Crippen molar-refractivity contribution in [3.8, 4) is 22.8 Å². The lowest BCUT2D eigenvalue weighted by molar-refractivity contribution is -0.141. The number of aromatic nitrogens is 1. The third-order valence-electron chi connectivity index (χ3n) is 5.46. The van der Waals surface area contributed by atoms with Gasteiger partial charge < -0.3 is 18.7 Å². The second-order valence-electron chi connectivity index (χ2n) is 7.61. The number of rotatable bonds is 8. The van der Waals surface area contributed by atoms with Gasteiger partial charge in [0.15, 0.2) is 0 Å². The van der Waals surface area contributed by atoms with Crippen LogP contribution in [0.3, 0.4) is 0 Å². The van der Waals surface area contributed by atoms with Gasteiger partial charge in [-0.1, -0.05) is 17.3 Å². The van der Waals surface area contributed by atoms with E-state index in [-0.39, 0.29) is 35.3 Å². The maximum absolute atomic E-state index is 14.2. The van der Waals surface area contributed by atoms with Crippen molar-refractivity contribution in [1.82, 2.24) is 5.16 Å². The van der Waals surface area contributed by atoms with Gasteiger partial charge in [0.2, 0.25) is 5.76 Å². The molecule has 0 spiro atoms. The molecule has 0 amide bonds. The molecular formula is C24H22FNO6. The van der Waals surface area contributed by atoms with Gasteiger partial charge in [-0.05, 0) is 60.6 Å². The van der Waals surface area contributed by atoms with Crippen LogP contribution in [0.25, 0.3) is 11.3 Å². The molecule has 8 heteroatoms. The molecule has 0 radical (unpaired) electrons. The summed E-state index contributed by atoms with van der Waals surface area (Å²) in [4.78, 5) is 24.4. The summed E-state index contributed by atoms with van der Waals surface area (Å²) in [6, 6.07) is 12.6. The highest BCUT2D eigenvalue weighted by Crippen LogP contribution is 2.45. The number of halogens is 1. The van der Waals surface area contributed by atoms with Crippen molar-refractivity contribution in [3.05, 3.63) is 65.7 Å². The molecule has 3 aromatic rings. The first-order chi connectivity index (χ1) is 15.5. The highest BCUT2D eigenvalue weighted by molar-refractivity contribution is 5.89. The van der Waals surface area contributed by atoms with Crippen molar-refractivity contribution in [3.63, 3.8) is 0 Å². The summed E-state index contributed by atoms with van der Waals surface area (Å²) < 4.78 is 34.6. The van der Waals surface area contributed by atoms with Crippen LogP contribution in [0.1, 0.15) is 41.3 Å².